The normalized spacial score (nSPS) is 10.8. The zero-order valence-electron chi connectivity index (χ0n) is 9.72. The zero-order chi connectivity index (χ0) is 12.4. The Morgan fingerprint density at radius 1 is 1.41 bits per heavy atom. The number of halogens is 1. The Morgan fingerprint density at radius 3 is 2.76 bits per heavy atom. The summed E-state index contributed by atoms with van der Waals surface area (Å²) in [7, 11) is 0. The van der Waals surface area contributed by atoms with Gasteiger partial charge in [0.05, 0.1) is 5.69 Å². The van der Waals surface area contributed by atoms with Crippen LogP contribution in [0.15, 0.2) is 30.6 Å². The number of imidazole rings is 1. The summed E-state index contributed by atoms with van der Waals surface area (Å²) < 4.78 is 15.5. The topological polar surface area (TPSA) is 34.9 Å². The van der Waals surface area contributed by atoms with Crippen LogP contribution in [0, 0.1) is 5.82 Å². The van der Waals surface area contributed by atoms with Crippen molar-refractivity contribution in [2.45, 2.75) is 19.8 Å². The van der Waals surface area contributed by atoms with Crippen molar-refractivity contribution in [3.8, 4) is 5.69 Å². The van der Waals surface area contributed by atoms with Crippen LogP contribution in [0.3, 0.4) is 0 Å². The van der Waals surface area contributed by atoms with E-state index in [0.717, 1.165) is 5.82 Å². The molecular formula is C13H13FN2O. The third-order valence-electron chi connectivity index (χ3n) is 2.55. The van der Waals surface area contributed by atoms with Crippen LogP contribution in [0.25, 0.3) is 5.69 Å². The molecule has 2 rings (SSSR count). The summed E-state index contributed by atoms with van der Waals surface area (Å²) >= 11 is 0. The van der Waals surface area contributed by atoms with Gasteiger partial charge in [-0.1, -0.05) is 13.8 Å². The fraction of sp³-hybridized carbons (Fsp3) is 0.231. The highest BCUT2D eigenvalue weighted by atomic mass is 19.1. The second-order valence-corrected chi connectivity index (χ2v) is 4.14. The van der Waals surface area contributed by atoms with Crippen molar-refractivity contribution >= 4 is 6.29 Å². The summed E-state index contributed by atoms with van der Waals surface area (Å²) in [5.41, 5.74) is 0.745. The van der Waals surface area contributed by atoms with Crippen LogP contribution in [0.2, 0.25) is 0 Å². The van der Waals surface area contributed by atoms with E-state index in [1.165, 1.54) is 6.07 Å². The molecule has 17 heavy (non-hydrogen) atoms. The zero-order valence-corrected chi connectivity index (χ0v) is 9.72. The highest BCUT2D eigenvalue weighted by Crippen LogP contribution is 2.20. The molecule has 1 heterocycles. The molecule has 0 saturated heterocycles. The number of hydrogen-bond donors (Lipinski definition) is 0. The summed E-state index contributed by atoms with van der Waals surface area (Å²) in [5, 5.41) is 0. The van der Waals surface area contributed by atoms with Crippen LogP contribution in [-0.2, 0) is 0 Å². The number of carbonyl (C=O) groups is 1. The molecule has 0 saturated carbocycles. The highest BCUT2D eigenvalue weighted by Gasteiger charge is 2.12. The monoisotopic (exact) mass is 232 g/mol. The molecule has 1 aromatic carbocycles. The van der Waals surface area contributed by atoms with E-state index < -0.39 is 5.82 Å². The second kappa shape index (κ2) is 4.49. The van der Waals surface area contributed by atoms with E-state index in [4.69, 9.17) is 0 Å². The third-order valence-corrected chi connectivity index (χ3v) is 2.55. The van der Waals surface area contributed by atoms with Gasteiger partial charge in [-0.2, -0.15) is 0 Å². The minimum Gasteiger partial charge on any atom is -0.301 e. The van der Waals surface area contributed by atoms with Crippen molar-refractivity contribution in [1.29, 1.82) is 0 Å². The van der Waals surface area contributed by atoms with Gasteiger partial charge in [0.25, 0.3) is 0 Å². The standard InChI is InChI=1S/C13H13FN2O/c1-9(2)13-15-5-6-16(13)12-4-3-10(8-17)7-11(12)14/h3-9H,1-2H3. The van der Waals surface area contributed by atoms with Crippen molar-refractivity contribution in [1.82, 2.24) is 9.55 Å². The number of rotatable bonds is 3. The molecule has 0 aliphatic carbocycles. The predicted octanol–water partition coefficient (Wildman–Crippen LogP) is 2.95. The van der Waals surface area contributed by atoms with Crippen LogP contribution < -0.4 is 0 Å². The van der Waals surface area contributed by atoms with Crippen LogP contribution >= 0.6 is 0 Å². The molecule has 0 bridgehead atoms. The van der Waals surface area contributed by atoms with Crippen LogP contribution in [0.5, 0.6) is 0 Å². The van der Waals surface area contributed by atoms with Crippen molar-refractivity contribution in [3.05, 3.63) is 47.8 Å². The smallest absolute Gasteiger partial charge is 0.150 e. The maximum atomic E-state index is 13.8. The minimum atomic E-state index is -0.422. The molecule has 0 radical (unpaired) electrons. The third kappa shape index (κ3) is 2.11. The molecule has 2 aromatic rings. The first-order valence-corrected chi connectivity index (χ1v) is 5.42. The Morgan fingerprint density at radius 2 is 2.18 bits per heavy atom. The van der Waals surface area contributed by atoms with E-state index in [9.17, 15) is 9.18 Å². The maximum Gasteiger partial charge on any atom is 0.150 e. The van der Waals surface area contributed by atoms with Crippen LogP contribution in [-0.4, -0.2) is 15.8 Å². The number of nitrogens with zero attached hydrogens (tertiary/aromatic N) is 2. The lowest BCUT2D eigenvalue weighted by Crippen LogP contribution is -2.04. The van der Waals surface area contributed by atoms with Gasteiger partial charge in [-0.25, -0.2) is 9.37 Å². The van der Waals surface area contributed by atoms with E-state index in [1.54, 1.807) is 29.1 Å². The van der Waals surface area contributed by atoms with Crippen molar-refractivity contribution in [2.24, 2.45) is 0 Å². The summed E-state index contributed by atoms with van der Waals surface area (Å²) in [6.07, 6.45) is 3.99. The molecule has 0 spiro atoms. The summed E-state index contributed by atoms with van der Waals surface area (Å²) in [5.74, 6) is 0.576. The van der Waals surface area contributed by atoms with Gasteiger partial charge in [-0.05, 0) is 18.2 Å². The van der Waals surface area contributed by atoms with E-state index in [1.807, 2.05) is 13.8 Å². The Hall–Kier alpha value is -1.97. The molecule has 0 unspecified atom stereocenters. The van der Waals surface area contributed by atoms with Gasteiger partial charge in [-0.15, -0.1) is 0 Å². The molecule has 0 amide bonds. The summed E-state index contributed by atoms with van der Waals surface area (Å²) in [6, 6.07) is 4.41. The summed E-state index contributed by atoms with van der Waals surface area (Å²) in [4.78, 5) is 14.7. The highest BCUT2D eigenvalue weighted by molar-refractivity contribution is 5.75. The first-order chi connectivity index (χ1) is 8.13. The molecule has 4 heteroatoms. The van der Waals surface area contributed by atoms with E-state index >= 15 is 0 Å². The number of aromatic nitrogens is 2. The minimum absolute atomic E-state index is 0.204. The molecule has 0 N–H and O–H groups in total. The molecule has 0 aliphatic rings. The first kappa shape index (κ1) is 11.5. The molecule has 0 atom stereocenters. The Labute approximate surface area is 98.9 Å². The van der Waals surface area contributed by atoms with Gasteiger partial charge in [0.15, 0.2) is 0 Å². The van der Waals surface area contributed by atoms with Crippen molar-refractivity contribution in [2.75, 3.05) is 0 Å². The lowest BCUT2D eigenvalue weighted by Gasteiger charge is -2.11. The Bertz CT molecular complexity index is 546. The molecule has 0 aliphatic heterocycles. The SMILES string of the molecule is CC(C)c1nccn1-c1ccc(C=O)cc1F. The van der Waals surface area contributed by atoms with Crippen molar-refractivity contribution in [3.63, 3.8) is 0 Å². The van der Waals surface area contributed by atoms with Gasteiger partial charge in [0, 0.05) is 23.9 Å². The Kier molecular flexibility index (Phi) is 3.04. The molecule has 0 fully saturated rings. The Balaban J connectivity index is 2.53. The fourth-order valence-corrected chi connectivity index (χ4v) is 1.74. The second-order valence-electron chi connectivity index (χ2n) is 4.14. The first-order valence-electron chi connectivity index (χ1n) is 5.42. The molecular weight excluding hydrogens is 219 g/mol. The van der Waals surface area contributed by atoms with E-state index in [0.29, 0.717) is 17.5 Å². The number of carbonyl (C=O) groups excluding carboxylic acids is 1. The average molecular weight is 232 g/mol. The molecule has 88 valence electrons. The van der Waals surface area contributed by atoms with Crippen molar-refractivity contribution < 1.29 is 9.18 Å². The van der Waals surface area contributed by atoms with Gasteiger partial charge in [-0.3, -0.25) is 4.79 Å². The van der Waals surface area contributed by atoms with Gasteiger partial charge < -0.3 is 4.57 Å². The van der Waals surface area contributed by atoms with Gasteiger partial charge >= 0.3 is 0 Å². The number of hydrogen-bond acceptors (Lipinski definition) is 2. The van der Waals surface area contributed by atoms with E-state index in [2.05, 4.69) is 4.98 Å². The maximum absolute atomic E-state index is 13.8. The van der Waals surface area contributed by atoms with Crippen LogP contribution in [0.4, 0.5) is 4.39 Å². The van der Waals surface area contributed by atoms with Gasteiger partial charge in [0.1, 0.15) is 17.9 Å². The largest absolute Gasteiger partial charge is 0.301 e. The summed E-state index contributed by atoms with van der Waals surface area (Å²) in [6.45, 7) is 3.99. The van der Waals surface area contributed by atoms with Gasteiger partial charge in [0.2, 0.25) is 0 Å². The number of benzene rings is 1. The van der Waals surface area contributed by atoms with Crippen LogP contribution in [0.1, 0.15) is 35.9 Å². The lowest BCUT2D eigenvalue weighted by atomic mass is 10.2. The molecule has 1 aromatic heterocycles. The number of aldehydes is 1. The molecule has 3 nitrogen and oxygen atoms in total. The average Bonchev–Trinajstić information content (AvgIpc) is 2.77. The predicted molar refractivity (Wildman–Crippen MR) is 63.0 cm³/mol. The van der Waals surface area contributed by atoms with E-state index in [-0.39, 0.29) is 5.92 Å². The fourth-order valence-electron chi connectivity index (χ4n) is 1.74. The lowest BCUT2D eigenvalue weighted by molar-refractivity contribution is 0.112. The quantitative estimate of drug-likeness (QED) is 0.762.